The molecule has 1 atom stereocenters. The number of sulfonamides is 1. The molecule has 6 nitrogen and oxygen atoms in total. The highest BCUT2D eigenvalue weighted by molar-refractivity contribution is 7.90. The number of carbonyl (C=O) groups is 1. The molecule has 0 fully saturated rings. The van der Waals surface area contributed by atoms with Crippen molar-refractivity contribution >= 4 is 26.9 Å². The van der Waals surface area contributed by atoms with E-state index in [1.807, 2.05) is 12.1 Å². The second kappa shape index (κ2) is 5.56. The van der Waals surface area contributed by atoms with Crippen molar-refractivity contribution in [2.45, 2.75) is 18.7 Å². The monoisotopic (exact) mass is 294 g/mol. The first-order valence-corrected chi connectivity index (χ1v) is 7.50. The van der Waals surface area contributed by atoms with Crippen LogP contribution in [0.25, 0.3) is 10.9 Å². The summed E-state index contributed by atoms with van der Waals surface area (Å²) in [6.07, 6.45) is 1.63. The van der Waals surface area contributed by atoms with E-state index < -0.39 is 21.2 Å². The molecule has 106 valence electrons. The number of para-hydroxylation sites is 1. The van der Waals surface area contributed by atoms with E-state index in [2.05, 4.69) is 9.71 Å². The van der Waals surface area contributed by atoms with Crippen molar-refractivity contribution in [1.29, 1.82) is 0 Å². The number of nitrogens with one attached hydrogen (secondary N) is 1. The van der Waals surface area contributed by atoms with Gasteiger partial charge in [-0.1, -0.05) is 24.3 Å². The Labute approximate surface area is 116 Å². The van der Waals surface area contributed by atoms with E-state index >= 15 is 0 Å². The van der Waals surface area contributed by atoms with E-state index in [-0.39, 0.29) is 6.54 Å². The van der Waals surface area contributed by atoms with E-state index in [9.17, 15) is 13.2 Å². The Kier molecular flexibility index (Phi) is 4.01. The van der Waals surface area contributed by atoms with Gasteiger partial charge >= 0.3 is 5.97 Å². The number of carboxylic acid groups (broad SMARTS) is 1. The second-order valence-electron chi connectivity index (χ2n) is 4.34. The molecule has 1 unspecified atom stereocenters. The van der Waals surface area contributed by atoms with Gasteiger partial charge in [-0.3, -0.25) is 9.78 Å². The van der Waals surface area contributed by atoms with Crippen LogP contribution in [0.1, 0.15) is 12.5 Å². The summed E-state index contributed by atoms with van der Waals surface area (Å²) in [6.45, 7) is 1.14. The molecule has 1 aromatic heterocycles. The molecular weight excluding hydrogens is 280 g/mol. The number of fused-ring (bicyclic) bond motifs is 1. The summed E-state index contributed by atoms with van der Waals surface area (Å²) in [7, 11) is -3.90. The molecule has 0 aliphatic rings. The molecule has 2 rings (SSSR count). The van der Waals surface area contributed by atoms with Crippen molar-refractivity contribution in [2.24, 2.45) is 0 Å². The third kappa shape index (κ3) is 2.94. The minimum absolute atomic E-state index is 0.00824. The Morgan fingerprint density at radius 1 is 1.35 bits per heavy atom. The molecule has 0 saturated heterocycles. The summed E-state index contributed by atoms with van der Waals surface area (Å²) in [5, 5.41) is 8.16. The Morgan fingerprint density at radius 2 is 2.05 bits per heavy atom. The smallest absolute Gasteiger partial charge is 0.323 e. The Balaban J connectivity index is 2.24. The van der Waals surface area contributed by atoms with Gasteiger partial charge in [0.15, 0.2) is 5.25 Å². The number of nitrogens with zero attached hydrogens (tertiary/aromatic N) is 1. The molecule has 0 bridgehead atoms. The molecule has 0 aliphatic carbocycles. The lowest BCUT2D eigenvalue weighted by Gasteiger charge is -2.11. The van der Waals surface area contributed by atoms with Gasteiger partial charge in [-0.05, 0) is 18.6 Å². The number of hydrogen-bond acceptors (Lipinski definition) is 4. The first kappa shape index (κ1) is 14.4. The predicted molar refractivity (Wildman–Crippen MR) is 74.6 cm³/mol. The summed E-state index contributed by atoms with van der Waals surface area (Å²) in [5.74, 6) is -1.38. The van der Waals surface area contributed by atoms with Crippen LogP contribution in [0.4, 0.5) is 0 Å². The lowest BCUT2D eigenvalue weighted by Crippen LogP contribution is -2.37. The van der Waals surface area contributed by atoms with Crippen LogP contribution in [0, 0.1) is 0 Å². The summed E-state index contributed by atoms with van der Waals surface area (Å²) in [4.78, 5) is 14.9. The lowest BCUT2D eigenvalue weighted by atomic mass is 10.1. The van der Waals surface area contributed by atoms with E-state index in [0.29, 0.717) is 11.1 Å². The highest BCUT2D eigenvalue weighted by atomic mass is 32.2. The van der Waals surface area contributed by atoms with Crippen molar-refractivity contribution in [3.05, 3.63) is 42.1 Å². The zero-order chi connectivity index (χ0) is 14.8. The second-order valence-corrected chi connectivity index (χ2v) is 6.42. The van der Waals surface area contributed by atoms with Gasteiger partial charge in [-0.15, -0.1) is 0 Å². The molecule has 7 heteroatoms. The first-order chi connectivity index (χ1) is 9.42. The van der Waals surface area contributed by atoms with Crippen molar-refractivity contribution in [1.82, 2.24) is 9.71 Å². The third-order valence-corrected chi connectivity index (χ3v) is 4.67. The topological polar surface area (TPSA) is 96.4 Å². The molecule has 20 heavy (non-hydrogen) atoms. The van der Waals surface area contributed by atoms with Gasteiger partial charge < -0.3 is 5.11 Å². The first-order valence-electron chi connectivity index (χ1n) is 5.96. The average Bonchev–Trinajstić information content (AvgIpc) is 2.44. The zero-order valence-corrected chi connectivity index (χ0v) is 11.6. The van der Waals surface area contributed by atoms with Gasteiger partial charge in [0.25, 0.3) is 0 Å². The largest absolute Gasteiger partial charge is 0.480 e. The lowest BCUT2D eigenvalue weighted by molar-refractivity contribution is -0.136. The molecular formula is C13H14N2O4S. The van der Waals surface area contributed by atoms with Gasteiger partial charge in [-0.25, -0.2) is 13.1 Å². The number of hydrogen-bond donors (Lipinski definition) is 2. The minimum atomic E-state index is -3.90. The van der Waals surface area contributed by atoms with Gasteiger partial charge in [0.05, 0.1) is 5.52 Å². The van der Waals surface area contributed by atoms with Crippen LogP contribution in [0.3, 0.4) is 0 Å². The fourth-order valence-electron chi connectivity index (χ4n) is 1.75. The maximum atomic E-state index is 11.8. The van der Waals surface area contributed by atoms with E-state index in [0.717, 1.165) is 12.3 Å². The van der Waals surface area contributed by atoms with Crippen LogP contribution in [-0.4, -0.2) is 29.7 Å². The highest BCUT2D eigenvalue weighted by Crippen LogP contribution is 2.16. The molecule has 1 heterocycles. The van der Waals surface area contributed by atoms with Crippen molar-refractivity contribution in [3.63, 3.8) is 0 Å². The number of aliphatic carboxylic acids is 1. The van der Waals surface area contributed by atoms with Crippen molar-refractivity contribution in [2.75, 3.05) is 0 Å². The molecule has 2 aromatic rings. The van der Waals surface area contributed by atoms with E-state index in [1.54, 1.807) is 24.4 Å². The number of rotatable bonds is 5. The predicted octanol–water partition coefficient (Wildman–Crippen LogP) is 1.13. The molecule has 1 aromatic carbocycles. The summed E-state index contributed by atoms with van der Waals surface area (Å²) < 4.78 is 25.8. The van der Waals surface area contributed by atoms with Crippen LogP contribution in [0.15, 0.2) is 36.5 Å². The third-order valence-electron chi connectivity index (χ3n) is 2.99. The van der Waals surface area contributed by atoms with Crippen molar-refractivity contribution in [3.8, 4) is 0 Å². The number of benzene rings is 1. The quantitative estimate of drug-likeness (QED) is 0.861. The highest BCUT2D eigenvalue weighted by Gasteiger charge is 2.27. The van der Waals surface area contributed by atoms with Crippen LogP contribution in [-0.2, 0) is 21.4 Å². The molecule has 2 N–H and O–H groups in total. The minimum Gasteiger partial charge on any atom is -0.480 e. The molecule has 0 saturated carbocycles. The summed E-state index contributed by atoms with van der Waals surface area (Å²) in [5.41, 5.74) is 1.39. The molecule has 0 radical (unpaired) electrons. The van der Waals surface area contributed by atoms with Crippen LogP contribution in [0.5, 0.6) is 0 Å². The van der Waals surface area contributed by atoms with Crippen molar-refractivity contribution < 1.29 is 18.3 Å². The normalized spacial score (nSPS) is 13.2. The standard InChI is InChI=1S/C13H14N2O4S/c1-9(13(16)17)20(18,19)15-8-11-5-2-4-10-6-3-7-14-12(10)11/h2-7,9,15H,8H2,1H3,(H,16,17). The number of pyridine rings is 1. The van der Waals surface area contributed by atoms with Crippen LogP contribution >= 0.6 is 0 Å². The maximum Gasteiger partial charge on any atom is 0.323 e. The van der Waals surface area contributed by atoms with Crippen LogP contribution < -0.4 is 4.72 Å². The Hall–Kier alpha value is -1.99. The van der Waals surface area contributed by atoms with E-state index in [4.69, 9.17) is 5.11 Å². The zero-order valence-electron chi connectivity index (χ0n) is 10.8. The van der Waals surface area contributed by atoms with Gasteiger partial charge in [0, 0.05) is 18.1 Å². The summed E-state index contributed by atoms with van der Waals surface area (Å²) in [6, 6.07) is 9.10. The average molecular weight is 294 g/mol. The van der Waals surface area contributed by atoms with Crippen LogP contribution in [0.2, 0.25) is 0 Å². The number of aromatic nitrogens is 1. The SMILES string of the molecule is CC(C(=O)O)S(=O)(=O)NCc1cccc2cccnc12. The maximum absolute atomic E-state index is 11.8. The fraction of sp³-hybridized carbons (Fsp3) is 0.231. The number of carboxylic acids is 1. The molecule has 0 spiro atoms. The summed E-state index contributed by atoms with van der Waals surface area (Å²) >= 11 is 0. The van der Waals surface area contributed by atoms with E-state index in [1.165, 1.54) is 0 Å². The fourth-order valence-corrected chi connectivity index (χ4v) is 2.62. The Bertz CT molecular complexity index is 738. The Morgan fingerprint density at radius 3 is 2.75 bits per heavy atom. The molecule has 0 aliphatic heterocycles. The van der Waals surface area contributed by atoms with Gasteiger partial charge in [-0.2, -0.15) is 0 Å². The molecule has 0 amide bonds. The van der Waals surface area contributed by atoms with Gasteiger partial charge in [0.1, 0.15) is 0 Å². The van der Waals surface area contributed by atoms with Gasteiger partial charge in [0.2, 0.25) is 10.0 Å².